The topological polar surface area (TPSA) is 75.0 Å². The Morgan fingerprint density at radius 3 is 2.72 bits per heavy atom. The smallest absolute Gasteiger partial charge is 0.357 e. The van der Waals surface area contributed by atoms with Gasteiger partial charge in [0, 0.05) is 10.0 Å². The Morgan fingerprint density at radius 2 is 2.06 bits per heavy atom. The number of rotatable bonds is 3. The van der Waals surface area contributed by atoms with Crippen LogP contribution in [-0.2, 0) is 4.74 Å². The zero-order chi connectivity index (χ0) is 13.1. The number of imidazole rings is 1. The van der Waals surface area contributed by atoms with E-state index in [1.54, 1.807) is 13.0 Å². The normalized spacial score (nSPS) is 10.3. The van der Waals surface area contributed by atoms with Crippen molar-refractivity contribution in [3.63, 3.8) is 0 Å². The van der Waals surface area contributed by atoms with Crippen molar-refractivity contribution >= 4 is 21.9 Å². The molecular formula is C12H11BrN2O3. The molecule has 2 aromatic rings. The summed E-state index contributed by atoms with van der Waals surface area (Å²) in [5.74, 6) is -0.554. The fraction of sp³-hybridized carbons (Fsp3) is 0.167. The van der Waals surface area contributed by atoms with Crippen LogP contribution in [0.15, 0.2) is 33.5 Å². The molecule has 0 spiro atoms. The Hall–Kier alpha value is -1.82. The fourth-order valence-corrected chi connectivity index (χ4v) is 2.09. The maximum Gasteiger partial charge on any atom is 0.357 e. The number of aromatic amines is 2. The fourth-order valence-electron chi connectivity index (χ4n) is 1.61. The highest BCUT2D eigenvalue weighted by molar-refractivity contribution is 9.10. The standard InChI is InChI=1S/C12H11BrN2O3/c1-2-18-11(16)10-9(14-12(17)15-10)7-5-3-4-6-8(7)13/h3-6H,2H2,1H3,(H2,14,15,17). The van der Waals surface area contributed by atoms with Gasteiger partial charge < -0.3 is 9.72 Å². The third kappa shape index (κ3) is 2.38. The average Bonchev–Trinajstić information content (AvgIpc) is 2.72. The highest BCUT2D eigenvalue weighted by atomic mass is 79.9. The molecule has 0 aliphatic carbocycles. The van der Waals surface area contributed by atoms with Crippen molar-refractivity contribution in [2.75, 3.05) is 6.61 Å². The van der Waals surface area contributed by atoms with E-state index in [9.17, 15) is 9.59 Å². The second kappa shape index (κ2) is 5.22. The molecule has 0 aliphatic rings. The van der Waals surface area contributed by atoms with Crippen molar-refractivity contribution in [1.29, 1.82) is 0 Å². The van der Waals surface area contributed by atoms with Crippen molar-refractivity contribution in [1.82, 2.24) is 9.97 Å². The van der Waals surface area contributed by atoms with Gasteiger partial charge in [0.25, 0.3) is 0 Å². The van der Waals surface area contributed by atoms with Gasteiger partial charge in [-0.15, -0.1) is 0 Å². The highest BCUT2D eigenvalue weighted by Gasteiger charge is 2.19. The zero-order valence-electron chi connectivity index (χ0n) is 9.62. The lowest BCUT2D eigenvalue weighted by Gasteiger charge is -2.04. The average molecular weight is 311 g/mol. The van der Waals surface area contributed by atoms with E-state index in [4.69, 9.17) is 4.74 Å². The van der Waals surface area contributed by atoms with Crippen LogP contribution in [0.4, 0.5) is 0 Å². The van der Waals surface area contributed by atoms with E-state index < -0.39 is 11.7 Å². The summed E-state index contributed by atoms with van der Waals surface area (Å²) in [6.45, 7) is 1.96. The number of nitrogens with one attached hydrogen (secondary N) is 2. The second-order valence-electron chi connectivity index (χ2n) is 3.53. The van der Waals surface area contributed by atoms with Crippen LogP contribution in [0.2, 0.25) is 0 Å². The number of hydrogen-bond donors (Lipinski definition) is 2. The van der Waals surface area contributed by atoms with E-state index in [0.29, 0.717) is 5.69 Å². The molecule has 0 amide bonds. The Morgan fingerprint density at radius 1 is 1.33 bits per heavy atom. The molecule has 6 heteroatoms. The van der Waals surface area contributed by atoms with Crippen LogP contribution in [-0.4, -0.2) is 22.5 Å². The van der Waals surface area contributed by atoms with Crippen LogP contribution in [0, 0.1) is 0 Å². The zero-order valence-corrected chi connectivity index (χ0v) is 11.2. The Bertz CT molecular complexity index is 630. The van der Waals surface area contributed by atoms with Crippen molar-refractivity contribution < 1.29 is 9.53 Å². The molecule has 0 atom stereocenters. The molecule has 0 unspecified atom stereocenters. The highest BCUT2D eigenvalue weighted by Crippen LogP contribution is 2.27. The lowest BCUT2D eigenvalue weighted by molar-refractivity contribution is 0.0521. The lowest BCUT2D eigenvalue weighted by Crippen LogP contribution is -2.08. The molecule has 94 valence electrons. The molecular weight excluding hydrogens is 300 g/mol. The molecule has 0 saturated carbocycles. The van der Waals surface area contributed by atoms with Crippen LogP contribution in [0.1, 0.15) is 17.4 Å². The van der Waals surface area contributed by atoms with E-state index in [1.807, 2.05) is 18.2 Å². The largest absolute Gasteiger partial charge is 0.461 e. The minimum Gasteiger partial charge on any atom is -0.461 e. The van der Waals surface area contributed by atoms with E-state index >= 15 is 0 Å². The van der Waals surface area contributed by atoms with Gasteiger partial charge in [0.1, 0.15) is 0 Å². The molecule has 0 saturated heterocycles. The summed E-state index contributed by atoms with van der Waals surface area (Å²) in [7, 11) is 0. The Balaban J connectivity index is 2.55. The van der Waals surface area contributed by atoms with E-state index in [1.165, 1.54) is 0 Å². The van der Waals surface area contributed by atoms with E-state index in [-0.39, 0.29) is 12.3 Å². The minimum absolute atomic E-state index is 0.133. The third-order valence-corrected chi connectivity index (χ3v) is 3.04. The molecule has 0 radical (unpaired) electrons. The number of carbonyl (C=O) groups excluding carboxylic acids is 1. The van der Waals surface area contributed by atoms with Crippen molar-refractivity contribution in [3.05, 3.63) is 44.9 Å². The van der Waals surface area contributed by atoms with Gasteiger partial charge >= 0.3 is 11.7 Å². The molecule has 2 rings (SSSR count). The van der Waals surface area contributed by atoms with Gasteiger partial charge in [-0.05, 0) is 13.0 Å². The summed E-state index contributed by atoms with van der Waals surface area (Å²) >= 11 is 3.38. The van der Waals surface area contributed by atoms with Gasteiger partial charge in [0.05, 0.1) is 12.3 Å². The van der Waals surface area contributed by atoms with Gasteiger partial charge in [-0.2, -0.15) is 0 Å². The van der Waals surface area contributed by atoms with Gasteiger partial charge in [0.2, 0.25) is 0 Å². The molecule has 2 N–H and O–H groups in total. The molecule has 5 nitrogen and oxygen atoms in total. The van der Waals surface area contributed by atoms with Gasteiger partial charge in [-0.1, -0.05) is 34.1 Å². The van der Waals surface area contributed by atoms with Gasteiger partial charge in [0.15, 0.2) is 5.69 Å². The summed E-state index contributed by atoms with van der Waals surface area (Å²) in [5, 5.41) is 0. The van der Waals surface area contributed by atoms with E-state index in [2.05, 4.69) is 25.9 Å². The maximum absolute atomic E-state index is 11.7. The minimum atomic E-state index is -0.554. The molecule has 0 bridgehead atoms. The number of carbonyl (C=O) groups is 1. The maximum atomic E-state index is 11.7. The molecule has 18 heavy (non-hydrogen) atoms. The second-order valence-corrected chi connectivity index (χ2v) is 4.38. The number of hydrogen-bond acceptors (Lipinski definition) is 3. The number of ether oxygens (including phenoxy) is 1. The first-order chi connectivity index (χ1) is 8.63. The summed E-state index contributed by atoms with van der Waals surface area (Å²) in [6.07, 6.45) is 0. The molecule has 0 aliphatic heterocycles. The van der Waals surface area contributed by atoms with Gasteiger partial charge in [-0.3, -0.25) is 4.98 Å². The summed E-state index contributed by atoms with van der Waals surface area (Å²) in [5.41, 5.74) is 0.836. The molecule has 1 aromatic heterocycles. The number of aromatic nitrogens is 2. The predicted molar refractivity (Wildman–Crippen MR) is 70.5 cm³/mol. The van der Waals surface area contributed by atoms with Crippen LogP contribution < -0.4 is 5.69 Å². The molecule has 1 aromatic carbocycles. The number of esters is 1. The van der Waals surface area contributed by atoms with Crippen LogP contribution in [0.25, 0.3) is 11.3 Å². The first-order valence-corrected chi connectivity index (χ1v) is 6.17. The van der Waals surface area contributed by atoms with Crippen LogP contribution >= 0.6 is 15.9 Å². The Kier molecular flexibility index (Phi) is 3.66. The summed E-state index contributed by atoms with van der Waals surface area (Å²) < 4.78 is 5.68. The third-order valence-electron chi connectivity index (χ3n) is 2.35. The SMILES string of the molecule is CCOC(=O)c1[nH]c(=O)[nH]c1-c1ccccc1Br. The first kappa shape index (κ1) is 12.6. The predicted octanol–water partition coefficient (Wildman–Crippen LogP) is 2.31. The van der Waals surface area contributed by atoms with Crippen molar-refractivity contribution in [3.8, 4) is 11.3 Å². The lowest BCUT2D eigenvalue weighted by atomic mass is 10.1. The monoisotopic (exact) mass is 310 g/mol. The van der Waals surface area contributed by atoms with Crippen LogP contribution in [0.3, 0.4) is 0 Å². The van der Waals surface area contributed by atoms with Gasteiger partial charge in [-0.25, -0.2) is 9.59 Å². The number of halogens is 1. The van der Waals surface area contributed by atoms with Crippen LogP contribution in [0.5, 0.6) is 0 Å². The number of H-pyrrole nitrogens is 2. The first-order valence-electron chi connectivity index (χ1n) is 5.37. The summed E-state index contributed by atoms with van der Waals surface area (Å²) in [4.78, 5) is 28.2. The quantitative estimate of drug-likeness (QED) is 0.854. The van der Waals surface area contributed by atoms with Crippen molar-refractivity contribution in [2.24, 2.45) is 0 Å². The summed E-state index contributed by atoms with van der Waals surface area (Å²) in [6, 6.07) is 7.30. The van der Waals surface area contributed by atoms with Crippen molar-refractivity contribution in [2.45, 2.75) is 6.92 Å². The molecule has 1 heterocycles. The Labute approximate surface area is 111 Å². The number of benzene rings is 1. The molecule has 0 fully saturated rings. The van der Waals surface area contributed by atoms with E-state index in [0.717, 1.165) is 10.0 Å².